The van der Waals surface area contributed by atoms with Crippen LogP contribution in [0.25, 0.3) is 0 Å². The highest BCUT2D eigenvalue weighted by Gasteiger charge is 1.99. The molecule has 0 radical (unpaired) electrons. The van der Waals surface area contributed by atoms with Crippen molar-refractivity contribution >= 4 is 23.8 Å². The van der Waals surface area contributed by atoms with Gasteiger partial charge in [-0.2, -0.15) is 5.10 Å². The van der Waals surface area contributed by atoms with Crippen molar-refractivity contribution in [1.82, 2.24) is 15.2 Å². The average Bonchev–Trinajstić information content (AvgIpc) is 2.65. The highest BCUT2D eigenvalue weighted by Crippen LogP contribution is 2.15. The largest absolute Gasteiger partial charge is 0.489 e. The predicted octanol–water partition coefficient (Wildman–Crippen LogP) is 3.15. The summed E-state index contributed by atoms with van der Waals surface area (Å²) in [6, 6.07) is 14.9. The van der Waals surface area contributed by atoms with E-state index in [4.69, 9.17) is 16.3 Å². The molecule has 0 saturated carbocycles. The van der Waals surface area contributed by atoms with Gasteiger partial charge in [0, 0.05) is 5.02 Å². The van der Waals surface area contributed by atoms with Crippen molar-refractivity contribution in [2.45, 2.75) is 13.5 Å². The molecule has 2 N–H and O–H groups in total. The molecule has 0 unspecified atom stereocenters. The lowest BCUT2D eigenvalue weighted by molar-refractivity contribution is 0.306. The van der Waals surface area contributed by atoms with Crippen LogP contribution < -0.4 is 15.7 Å². The first-order valence-corrected chi connectivity index (χ1v) is 8.18. The third-order valence-electron chi connectivity index (χ3n) is 3.44. The standard InChI is InChI=1S/C18H16ClN5O2/c1-12-17(25)21-18(24-22-12)23-20-10-13-4-8-16(9-5-13)26-11-14-2-6-15(19)7-3-14/h2-10H,11H2,1H3,(H2,21,23,24,25)/b20-10+. The van der Waals surface area contributed by atoms with Crippen molar-refractivity contribution in [2.75, 3.05) is 5.43 Å². The Labute approximate surface area is 154 Å². The Kier molecular flexibility index (Phi) is 5.60. The fraction of sp³-hybridized carbons (Fsp3) is 0.111. The van der Waals surface area contributed by atoms with Crippen LogP contribution in [0.3, 0.4) is 0 Å². The summed E-state index contributed by atoms with van der Waals surface area (Å²) >= 11 is 5.86. The monoisotopic (exact) mass is 369 g/mol. The Hall–Kier alpha value is -3.19. The zero-order valence-corrected chi connectivity index (χ0v) is 14.7. The Balaban J connectivity index is 1.54. The van der Waals surface area contributed by atoms with Gasteiger partial charge in [-0.1, -0.05) is 23.7 Å². The van der Waals surface area contributed by atoms with E-state index >= 15 is 0 Å². The number of nitrogens with one attached hydrogen (secondary N) is 2. The minimum atomic E-state index is -0.306. The van der Waals surface area contributed by atoms with E-state index < -0.39 is 0 Å². The molecule has 0 amide bonds. The average molecular weight is 370 g/mol. The van der Waals surface area contributed by atoms with E-state index in [-0.39, 0.29) is 11.5 Å². The molecule has 0 aliphatic rings. The lowest BCUT2D eigenvalue weighted by Crippen LogP contribution is -2.15. The normalized spacial score (nSPS) is 10.8. The molecule has 0 fully saturated rings. The highest BCUT2D eigenvalue weighted by atomic mass is 35.5. The van der Waals surface area contributed by atoms with Gasteiger partial charge in [-0.25, -0.2) is 5.43 Å². The first-order valence-electron chi connectivity index (χ1n) is 7.80. The lowest BCUT2D eigenvalue weighted by atomic mass is 10.2. The van der Waals surface area contributed by atoms with Gasteiger partial charge >= 0.3 is 0 Å². The van der Waals surface area contributed by atoms with Gasteiger partial charge in [0.15, 0.2) is 0 Å². The van der Waals surface area contributed by atoms with Gasteiger partial charge in [0.25, 0.3) is 5.56 Å². The van der Waals surface area contributed by atoms with Gasteiger partial charge in [-0.15, -0.1) is 10.2 Å². The maximum Gasteiger partial charge on any atom is 0.274 e. The smallest absolute Gasteiger partial charge is 0.274 e. The first kappa shape index (κ1) is 17.6. The van der Waals surface area contributed by atoms with Crippen molar-refractivity contribution < 1.29 is 4.74 Å². The molecule has 26 heavy (non-hydrogen) atoms. The Morgan fingerprint density at radius 2 is 1.88 bits per heavy atom. The van der Waals surface area contributed by atoms with E-state index in [1.54, 1.807) is 13.1 Å². The highest BCUT2D eigenvalue weighted by molar-refractivity contribution is 6.30. The molecule has 0 saturated heterocycles. The molecule has 132 valence electrons. The maximum absolute atomic E-state index is 11.4. The van der Waals surface area contributed by atoms with E-state index in [1.807, 2.05) is 48.5 Å². The molecular weight excluding hydrogens is 354 g/mol. The summed E-state index contributed by atoms with van der Waals surface area (Å²) in [4.78, 5) is 13.9. The van der Waals surface area contributed by atoms with E-state index in [0.29, 0.717) is 17.3 Å². The Morgan fingerprint density at radius 3 is 2.58 bits per heavy atom. The van der Waals surface area contributed by atoms with Crippen LogP contribution in [0, 0.1) is 6.92 Å². The third kappa shape index (κ3) is 4.90. The number of benzene rings is 2. The molecule has 1 heterocycles. The van der Waals surface area contributed by atoms with Crippen molar-refractivity contribution in [1.29, 1.82) is 0 Å². The molecule has 8 heteroatoms. The number of aromatic nitrogens is 3. The summed E-state index contributed by atoms with van der Waals surface area (Å²) in [5.41, 5.74) is 4.52. The van der Waals surface area contributed by atoms with Crippen LogP contribution in [0.1, 0.15) is 16.8 Å². The number of anilines is 1. The van der Waals surface area contributed by atoms with Gasteiger partial charge < -0.3 is 4.74 Å². The zero-order chi connectivity index (χ0) is 18.4. The van der Waals surface area contributed by atoms with E-state index in [0.717, 1.165) is 16.9 Å². The number of ether oxygens (including phenoxy) is 1. The zero-order valence-electron chi connectivity index (χ0n) is 13.9. The summed E-state index contributed by atoms with van der Waals surface area (Å²) in [6.07, 6.45) is 1.60. The van der Waals surface area contributed by atoms with Crippen LogP contribution in [0.4, 0.5) is 5.95 Å². The molecule has 0 atom stereocenters. The number of H-pyrrole nitrogens is 1. The molecule has 1 aromatic heterocycles. The summed E-state index contributed by atoms with van der Waals surface area (Å²) in [7, 11) is 0. The molecule has 3 aromatic rings. The van der Waals surface area contributed by atoms with Crippen LogP contribution in [-0.2, 0) is 6.61 Å². The van der Waals surface area contributed by atoms with Crippen molar-refractivity contribution in [2.24, 2.45) is 5.10 Å². The quantitative estimate of drug-likeness (QED) is 0.514. The topological polar surface area (TPSA) is 92.3 Å². The number of aromatic amines is 1. The van der Waals surface area contributed by atoms with Crippen molar-refractivity contribution in [3.05, 3.63) is 80.7 Å². The molecule has 3 rings (SSSR count). The molecule has 2 aromatic carbocycles. The van der Waals surface area contributed by atoms with Gasteiger partial charge in [-0.3, -0.25) is 9.78 Å². The number of nitrogens with zero attached hydrogens (tertiary/aromatic N) is 3. The SMILES string of the molecule is Cc1nnc(N/N=C/c2ccc(OCc3ccc(Cl)cc3)cc2)[nH]c1=O. The van der Waals surface area contributed by atoms with E-state index in [2.05, 4.69) is 25.7 Å². The fourth-order valence-electron chi connectivity index (χ4n) is 2.01. The molecule has 0 spiro atoms. The molecule has 0 aliphatic carbocycles. The number of halogens is 1. The third-order valence-corrected chi connectivity index (χ3v) is 3.70. The Morgan fingerprint density at radius 1 is 1.15 bits per heavy atom. The maximum atomic E-state index is 11.4. The Bertz CT molecular complexity index is 953. The van der Waals surface area contributed by atoms with Crippen LogP contribution >= 0.6 is 11.6 Å². The summed E-state index contributed by atoms with van der Waals surface area (Å²) in [6.45, 7) is 2.04. The first-order chi connectivity index (χ1) is 12.6. The van der Waals surface area contributed by atoms with Gasteiger partial charge in [0.05, 0.1) is 6.21 Å². The predicted molar refractivity (Wildman–Crippen MR) is 101 cm³/mol. The lowest BCUT2D eigenvalue weighted by Gasteiger charge is -2.06. The molecule has 7 nitrogen and oxygen atoms in total. The minimum Gasteiger partial charge on any atom is -0.489 e. The van der Waals surface area contributed by atoms with E-state index in [9.17, 15) is 4.79 Å². The molecular formula is C18H16ClN5O2. The molecule has 0 bridgehead atoms. The number of hydrogen-bond acceptors (Lipinski definition) is 6. The van der Waals surface area contributed by atoms with E-state index in [1.165, 1.54) is 0 Å². The second-order valence-corrected chi connectivity index (χ2v) is 5.88. The van der Waals surface area contributed by atoms with Gasteiger partial charge in [0.1, 0.15) is 18.1 Å². The molecule has 0 aliphatic heterocycles. The fourth-order valence-corrected chi connectivity index (χ4v) is 2.14. The number of aryl methyl sites for hydroxylation is 1. The number of hydrazone groups is 1. The van der Waals surface area contributed by atoms with Crippen molar-refractivity contribution in [3.63, 3.8) is 0 Å². The number of hydrogen-bond donors (Lipinski definition) is 2. The van der Waals surface area contributed by atoms with Crippen molar-refractivity contribution in [3.8, 4) is 5.75 Å². The summed E-state index contributed by atoms with van der Waals surface area (Å²) < 4.78 is 5.72. The van der Waals surface area contributed by atoms with Gasteiger partial charge in [-0.05, 0) is 54.4 Å². The second kappa shape index (κ2) is 8.26. The van der Waals surface area contributed by atoms with Crippen LogP contribution in [0.2, 0.25) is 5.02 Å². The summed E-state index contributed by atoms with van der Waals surface area (Å²) in [5, 5.41) is 12.2. The van der Waals surface area contributed by atoms with Crippen LogP contribution in [0.15, 0.2) is 58.4 Å². The van der Waals surface area contributed by atoms with Gasteiger partial charge in [0.2, 0.25) is 5.95 Å². The summed E-state index contributed by atoms with van der Waals surface area (Å²) in [5.74, 6) is 0.929. The second-order valence-electron chi connectivity index (χ2n) is 5.44. The number of rotatable bonds is 6. The van der Waals surface area contributed by atoms with Crippen LogP contribution in [-0.4, -0.2) is 21.4 Å². The minimum absolute atomic E-state index is 0.180. The van der Waals surface area contributed by atoms with Crippen LogP contribution in [0.5, 0.6) is 5.75 Å².